The molecule has 0 aromatic heterocycles. The number of amides is 2. The van der Waals surface area contributed by atoms with Gasteiger partial charge in [-0.1, -0.05) is 50.3 Å². The second-order valence-electron chi connectivity index (χ2n) is 10.8. The molecule has 0 saturated heterocycles. The molecule has 0 fully saturated rings. The highest BCUT2D eigenvalue weighted by atomic mass is 16.5. The van der Waals surface area contributed by atoms with Crippen molar-refractivity contribution in [1.29, 1.82) is 0 Å². The highest BCUT2D eigenvalue weighted by Crippen LogP contribution is 2.55. The lowest BCUT2D eigenvalue weighted by molar-refractivity contribution is 0.0529. The van der Waals surface area contributed by atoms with Crippen molar-refractivity contribution in [2.45, 2.75) is 39.2 Å². The molecule has 8 rings (SSSR count). The number of hydrogen-bond donors (Lipinski definition) is 0. The number of nitrogens with zero attached hydrogens (tertiary/aromatic N) is 1. The van der Waals surface area contributed by atoms with E-state index in [0.29, 0.717) is 40.9 Å². The maximum Gasteiger partial charge on any atom is 0.261 e. The number of fused-ring (bicyclic) bond motifs is 4. The van der Waals surface area contributed by atoms with Crippen molar-refractivity contribution in [3.8, 4) is 11.5 Å². The van der Waals surface area contributed by atoms with Gasteiger partial charge in [0.15, 0.2) is 0 Å². The fraction of sp³-hybridized carbons (Fsp3) is 0.235. The predicted octanol–water partition coefficient (Wildman–Crippen LogP) is 7.72. The summed E-state index contributed by atoms with van der Waals surface area (Å²) in [6, 6.07) is 12.3. The van der Waals surface area contributed by atoms with E-state index in [9.17, 15) is 9.59 Å². The van der Waals surface area contributed by atoms with Crippen LogP contribution >= 0.6 is 0 Å². The molecule has 0 saturated carbocycles. The van der Waals surface area contributed by atoms with Crippen LogP contribution in [0.1, 0.15) is 65.0 Å². The third-order valence-corrected chi connectivity index (χ3v) is 9.22. The van der Waals surface area contributed by atoms with Gasteiger partial charge in [-0.15, -0.1) is 0 Å². The molecular weight excluding hydrogens is 486 g/mol. The lowest BCUT2D eigenvalue weighted by Gasteiger charge is -2.34. The van der Waals surface area contributed by atoms with Gasteiger partial charge in [0, 0.05) is 27.6 Å². The van der Waals surface area contributed by atoms with Crippen LogP contribution in [0.4, 0.5) is 0 Å². The Bertz CT molecular complexity index is 1950. The molecule has 5 heteroatoms. The Hall–Kier alpha value is -4.38. The van der Waals surface area contributed by atoms with Crippen molar-refractivity contribution in [2.24, 2.45) is 0 Å². The first kappa shape index (κ1) is 22.6. The van der Waals surface area contributed by atoms with Gasteiger partial charge in [-0.05, 0) is 75.2 Å². The first-order valence-corrected chi connectivity index (χ1v) is 13.7. The van der Waals surface area contributed by atoms with E-state index in [0.717, 1.165) is 33.4 Å². The second-order valence-corrected chi connectivity index (χ2v) is 10.8. The molecular formula is C34H27NO4. The SMILES string of the molecule is CCC(CC)N1C(=O)c2cc(OC)c3c4ccc5c6c(ccc(c7c(OC)cc(c2c37)C1=O)c64)C1=C5C=CC1. The molecule has 0 spiro atoms. The van der Waals surface area contributed by atoms with E-state index < -0.39 is 0 Å². The Morgan fingerprint density at radius 2 is 1.28 bits per heavy atom. The van der Waals surface area contributed by atoms with Gasteiger partial charge < -0.3 is 9.47 Å². The quantitative estimate of drug-likeness (QED) is 0.137. The first-order valence-electron chi connectivity index (χ1n) is 13.7. The number of methoxy groups -OCH3 is 2. The van der Waals surface area contributed by atoms with Crippen molar-refractivity contribution >= 4 is 66.1 Å². The summed E-state index contributed by atoms with van der Waals surface area (Å²) in [7, 11) is 3.30. The molecule has 1 aliphatic heterocycles. The van der Waals surface area contributed by atoms with Crippen LogP contribution < -0.4 is 9.47 Å². The van der Waals surface area contributed by atoms with Crippen LogP contribution in [0, 0.1) is 0 Å². The molecule has 2 amide bonds. The maximum atomic E-state index is 14.0. The average Bonchev–Trinajstić information content (AvgIpc) is 3.56. The number of ether oxygens (including phenoxy) is 2. The molecule has 5 aromatic carbocycles. The van der Waals surface area contributed by atoms with E-state index in [2.05, 4.69) is 36.4 Å². The molecule has 3 aliphatic rings. The van der Waals surface area contributed by atoms with E-state index in [4.69, 9.17) is 9.47 Å². The predicted molar refractivity (Wildman–Crippen MR) is 156 cm³/mol. The van der Waals surface area contributed by atoms with Gasteiger partial charge >= 0.3 is 0 Å². The van der Waals surface area contributed by atoms with Gasteiger partial charge in [0.05, 0.1) is 25.3 Å². The Kier molecular flexibility index (Phi) is 4.40. The minimum absolute atomic E-state index is 0.172. The van der Waals surface area contributed by atoms with Gasteiger partial charge in [0.1, 0.15) is 11.5 Å². The van der Waals surface area contributed by atoms with Crippen molar-refractivity contribution < 1.29 is 19.1 Å². The van der Waals surface area contributed by atoms with E-state index >= 15 is 0 Å². The van der Waals surface area contributed by atoms with Crippen molar-refractivity contribution in [2.75, 3.05) is 14.2 Å². The number of rotatable bonds is 5. The zero-order valence-corrected chi connectivity index (χ0v) is 22.4. The summed E-state index contributed by atoms with van der Waals surface area (Å²) >= 11 is 0. The molecule has 0 radical (unpaired) electrons. The van der Waals surface area contributed by atoms with Crippen LogP contribution in [0.3, 0.4) is 0 Å². The second kappa shape index (κ2) is 7.60. The summed E-state index contributed by atoms with van der Waals surface area (Å²) < 4.78 is 12.0. The molecule has 5 aromatic rings. The fourth-order valence-corrected chi connectivity index (χ4v) is 7.52. The van der Waals surface area contributed by atoms with Gasteiger partial charge in [-0.2, -0.15) is 0 Å². The monoisotopic (exact) mass is 513 g/mol. The highest BCUT2D eigenvalue weighted by Gasteiger charge is 2.39. The van der Waals surface area contributed by atoms with E-state index in [1.54, 1.807) is 14.2 Å². The molecule has 0 unspecified atom stereocenters. The number of imide groups is 1. The molecule has 39 heavy (non-hydrogen) atoms. The third-order valence-electron chi connectivity index (χ3n) is 9.22. The van der Waals surface area contributed by atoms with Crippen molar-refractivity contribution in [3.63, 3.8) is 0 Å². The summed E-state index contributed by atoms with van der Waals surface area (Å²) in [6.45, 7) is 4.03. The smallest absolute Gasteiger partial charge is 0.261 e. The van der Waals surface area contributed by atoms with E-state index in [1.807, 2.05) is 26.0 Å². The zero-order chi connectivity index (χ0) is 26.7. The summed E-state index contributed by atoms with van der Waals surface area (Å²) in [5, 5.41) is 7.95. The fourth-order valence-electron chi connectivity index (χ4n) is 7.52. The van der Waals surface area contributed by atoms with Crippen molar-refractivity contribution in [1.82, 2.24) is 4.90 Å². The number of hydrogen-bond acceptors (Lipinski definition) is 4. The number of carbonyl (C=O) groups excluding carboxylic acids is 2. The van der Waals surface area contributed by atoms with Crippen LogP contribution in [-0.4, -0.2) is 37.0 Å². The largest absolute Gasteiger partial charge is 0.496 e. The Morgan fingerprint density at radius 1 is 0.718 bits per heavy atom. The maximum absolute atomic E-state index is 14.0. The molecule has 0 bridgehead atoms. The van der Waals surface area contributed by atoms with Gasteiger partial charge in [0.25, 0.3) is 11.8 Å². The summed E-state index contributed by atoms with van der Waals surface area (Å²) in [5.41, 5.74) is 6.25. The lowest BCUT2D eigenvalue weighted by Crippen LogP contribution is -2.46. The Labute approximate surface area is 225 Å². The van der Waals surface area contributed by atoms with Crippen LogP contribution in [0.5, 0.6) is 11.5 Å². The molecule has 1 heterocycles. The standard InChI is InChI=1S/C34H27NO4/c1-5-16(6-2)35-33(36)23-14-25(38-3)30-21-12-10-19-17-8-7-9-18(17)20-11-13-22(28(21)27(19)20)31-26(39-4)15-24(34(35)37)29(23)32(30)31/h7-8,10-16H,5-6,9H2,1-4H3. The number of carbonyl (C=O) groups is 2. The van der Waals surface area contributed by atoms with Crippen LogP contribution in [-0.2, 0) is 0 Å². The lowest BCUT2D eigenvalue weighted by atomic mass is 9.82. The molecule has 192 valence electrons. The topological polar surface area (TPSA) is 55.8 Å². The van der Waals surface area contributed by atoms with Gasteiger partial charge in [0.2, 0.25) is 0 Å². The van der Waals surface area contributed by atoms with Crippen LogP contribution in [0.15, 0.2) is 48.6 Å². The highest BCUT2D eigenvalue weighted by molar-refractivity contribution is 6.42. The Balaban J connectivity index is 1.60. The third kappa shape index (κ3) is 2.51. The first-order chi connectivity index (χ1) is 19.0. The Morgan fingerprint density at radius 3 is 1.85 bits per heavy atom. The normalized spacial score (nSPS) is 15.9. The number of allylic oxidation sites excluding steroid dienone is 4. The molecule has 0 atom stereocenters. The molecule has 5 nitrogen and oxygen atoms in total. The minimum Gasteiger partial charge on any atom is -0.496 e. The zero-order valence-electron chi connectivity index (χ0n) is 22.4. The summed E-state index contributed by atoms with van der Waals surface area (Å²) in [6.07, 6.45) is 6.80. The summed E-state index contributed by atoms with van der Waals surface area (Å²) in [4.78, 5) is 29.4. The van der Waals surface area contributed by atoms with Crippen LogP contribution in [0.2, 0.25) is 0 Å². The summed E-state index contributed by atoms with van der Waals surface area (Å²) in [5.74, 6) is 0.757. The number of benzene rings is 5. The van der Waals surface area contributed by atoms with Gasteiger partial charge in [-0.25, -0.2) is 0 Å². The minimum atomic E-state index is -0.255. The van der Waals surface area contributed by atoms with E-state index in [1.165, 1.54) is 37.9 Å². The average molecular weight is 514 g/mol. The van der Waals surface area contributed by atoms with E-state index in [-0.39, 0.29) is 17.9 Å². The molecule has 2 aliphatic carbocycles. The van der Waals surface area contributed by atoms with Crippen LogP contribution in [0.25, 0.3) is 54.2 Å². The van der Waals surface area contributed by atoms with Gasteiger partial charge in [-0.3, -0.25) is 14.5 Å². The molecule has 0 N–H and O–H groups in total. The van der Waals surface area contributed by atoms with Crippen molar-refractivity contribution in [3.05, 3.63) is 70.8 Å².